The first-order valence-corrected chi connectivity index (χ1v) is 10.4. The summed E-state index contributed by atoms with van der Waals surface area (Å²) >= 11 is 0. The molecular weight excluding hydrogens is 411 g/mol. The van der Waals surface area contributed by atoms with Crippen molar-refractivity contribution in [1.29, 1.82) is 0 Å². The van der Waals surface area contributed by atoms with Gasteiger partial charge in [-0.1, -0.05) is 24.3 Å². The molecule has 6 nitrogen and oxygen atoms in total. The number of aryl methyl sites for hydroxylation is 1. The number of carbonyl (C=O) groups is 1. The number of carbonyl (C=O) groups excluding carboxylic acids is 1. The maximum atomic E-state index is 13.8. The van der Waals surface area contributed by atoms with Crippen LogP contribution in [0.3, 0.4) is 0 Å². The number of fused-ring (bicyclic) bond motifs is 1. The lowest BCUT2D eigenvalue weighted by Gasteiger charge is -2.20. The Labute approximate surface area is 186 Å². The van der Waals surface area contributed by atoms with Gasteiger partial charge in [0.05, 0.1) is 7.11 Å². The summed E-state index contributed by atoms with van der Waals surface area (Å²) in [6.07, 6.45) is 1.19. The SMILES string of the molecule is COc1ccc(C[C@H](Cc2ccc3c(c2)OCO3)NC(=O)Nc2ccc(C)c(F)c2)cc1. The minimum absolute atomic E-state index is 0.209. The lowest BCUT2D eigenvalue weighted by Crippen LogP contribution is -2.40. The van der Waals surface area contributed by atoms with Gasteiger partial charge in [-0.2, -0.15) is 0 Å². The maximum absolute atomic E-state index is 13.8. The zero-order chi connectivity index (χ0) is 22.5. The molecule has 1 atom stereocenters. The normalized spacial score (nSPS) is 12.8. The Bertz CT molecular complexity index is 1100. The maximum Gasteiger partial charge on any atom is 0.319 e. The number of ether oxygens (including phenoxy) is 3. The van der Waals surface area contributed by atoms with E-state index in [-0.39, 0.29) is 18.7 Å². The van der Waals surface area contributed by atoms with Crippen molar-refractivity contribution >= 4 is 11.7 Å². The van der Waals surface area contributed by atoms with Gasteiger partial charge in [0, 0.05) is 11.7 Å². The summed E-state index contributed by atoms with van der Waals surface area (Å²) in [5.41, 5.74) is 2.99. The van der Waals surface area contributed by atoms with Crippen molar-refractivity contribution in [3.63, 3.8) is 0 Å². The predicted octanol–water partition coefficient (Wildman–Crippen LogP) is 4.85. The van der Waals surface area contributed by atoms with E-state index in [1.165, 1.54) is 6.07 Å². The molecule has 1 heterocycles. The summed E-state index contributed by atoms with van der Waals surface area (Å²) in [5.74, 6) is 1.82. The summed E-state index contributed by atoms with van der Waals surface area (Å²) in [6.45, 7) is 1.89. The highest BCUT2D eigenvalue weighted by Crippen LogP contribution is 2.33. The quantitative estimate of drug-likeness (QED) is 0.556. The van der Waals surface area contributed by atoms with Crippen LogP contribution in [0.1, 0.15) is 16.7 Å². The van der Waals surface area contributed by atoms with Gasteiger partial charge in [0.1, 0.15) is 11.6 Å². The van der Waals surface area contributed by atoms with Gasteiger partial charge >= 0.3 is 6.03 Å². The van der Waals surface area contributed by atoms with Crippen LogP contribution in [0.15, 0.2) is 60.7 Å². The third-order valence-corrected chi connectivity index (χ3v) is 5.33. The van der Waals surface area contributed by atoms with Crippen molar-refractivity contribution in [1.82, 2.24) is 5.32 Å². The van der Waals surface area contributed by atoms with E-state index in [1.54, 1.807) is 26.2 Å². The zero-order valence-electron chi connectivity index (χ0n) is 18.0. The second-order valence-corrected chi connectivity index (χ2v) is 7.70. The van der Waals surface area contributed by atoms with Crippen molar-refractivity contribution < 1.29 is 23.4 Å². The molecule has 166 valence electrons. The zero-order valence-corrected chi connectivity index (χ0v) is 18.0. The third-order valence-electron chi connectivity index (χ3n) is 5.33. The van der Waals surface area contributed by atoms with Gasteiger partial charge in [-0.25, -0.2) is 9.18 Å². The first-order valence-electron chi connectivity index (χ1n) is 10.4. The smallest absolute Gasteiger partial charge is 0.319 e. The summed E-state index contributed by atoms with van der Waals surface area (Å²) in [7, 11) is 1.62. The summed E-state index contributed by atoms with van der Waals surface area (Å²) in [6, 6.07) is 17.5. The summed E-state index contributed by atoms with van der Waals surface area (Å²) in [5, 5.41) is 5.73. The molecule has 0 spiro atoms. The van der Waals surface area contributed by atoms with Crippen molar-refractivity contribution in [3.05, 3.63) is 83.2 Å². The standard InChI is InChI=1S/C25H25FN2O4/c1-16-3-7-19(14-22(16)26)27-25(29)28-20(11-17-4-8-21(30-2)9-5-17)12-18-6-10-23-24(13-18)32-15-31-23/h3-10,13-14,20H,11-12,15H2,1-2H3,(H2,27,28,29)/t20-/m1/s1. The Kier molecular flexibility index (Phi) is 6.44. The van der Waals surface area contributed by atoms with E-state index >= 15 is 0 Å². The first kappa shape index (κ1) is 21.5. The third kappa shape index (κ3) is 5.29. The van der Waals surface area contributed by atoms with E-state index in [4.69, 9.17) is 14.2 Å². The van der Waals surface area contributed by atoms with Gasteiger partial charge in [0.25, 0.3) is 0 Å². The molecule has 3 aromatic rings. The number of hydrogen-bond acceptors (Lipinski definition) is 4. The van der Waals surface area contributed by atoms with E-state index in [0.717, 1.165) is 16.9 Å². The molecule has 2 N–H and O–H groups in total. The predicted molar refractivity (Wildman–Crippen MR) is 120 cm³/mol. The van der Waals surface area contributed by atoms with Crippen molar-refractivity contribution in [2.24, 2.45) is 0 Å². The molecule has 0 saturated carbocycles. The Morgan fingerprint density at radius 2 is 1.72 bits per heavy atom. The highest BCUT2D eigenvalue weighted by molar-refractivity contribution is 5.89. The number of halogens is 1. The number of nitrogens with one attached hydrogen (secondary N) is 2. The Balaban J connectivity index is 1.48. The van der Waals surface area contributed by atoms with E-state index in [1.807, 2.05) is 42.5 Å². The number of methoxy groups -OCH3 is 1. The van der Waals surface area contributed by atoms with Crippen LogP contribution in [0, 0.1) is 12.7 Å². The second-order valence-electron chi connectivity index (χ2n) is 7.70. The largest absolute Gasteiger partial charge is 0.497 e. The molecule has 0 aromatic heterocycles. The Morgan fingerprint density at radius 3 is 2.47 bits per heavy atom. The number of amides is 2. The van der Waals surface area contributed by atoms with Gasteiger partial charge < -0.3 is 24.8 Å². The molecule has 1 aliphatic heterocycles. The highest BCUT2D eigenvalue weighted by atomic mass is 19.1. The molecular formula is C25H25FN2O4. The van der Waals surface area contributed by atoms with Crippen molar-refractivity contribution in [2.45, 2.75) is 25.8 Å². The number of benzene rings is 3. The Hall–Kier alpha value is -3.74. The average Bonchev–Trinajstić information content (AvgIpc) is 3.24. The molecule has 0 aliphatic carbocycles. The molecule has 0 fully saturated rings. The van der Waals surface area contributed by atoms with E-state index in [2.05, 4.69) is 10.6 Å². The van der Waals surface area contributed by atoms with Crippen molar-refractivity contribution in [2.75, 3.05) is 19.2 Å². The molecule has 0 unspecified atom stereocenters. The van der Waals surface area contributed by atoms with Crippen LogP contribution < -0.4 is 24.8 Å². The highest BCUT2D eigenvalue weighted by Gasteiger charge is 2.18. The topological polar surface area (TPSA) is 68.8 Å². The molecule has 4 rings (SSSR count). The van der Waals surface area contributed by atoms with E-state index in [9.17, 15) is 9.18 Å². The summed E-state index contributed by atoms with van der Waals surface area (Å²) in [4.78, 5) is 12.7. The molecule has 0 radical (unpaired) electrons. The number of anilines is 1. The average molecular weight is 436 g/mol. The van der Waals surface area contributed by atoms with Crippen molar-refractivity contribution in [3.8, 4) is 17.2 Å². The van der Waals surface area contributed by atoms with Crippen LogP contribution in [0.4, 0.5) is 14.9 Å². The molecule has 0 bridgehead atoms. The number of urea groups is 1. The van der Waals surface area contributed by atoms with Gasteiger partial charge in [-0.05, 0) is 72.9 Å². The molecule has 3 aromatic carbocycles. The Morgan fingerprint density at radius 1 is 1.00 bits per heavy atom. The van der Waals surface area contributed by atoms with Crippen LogP contribution in [0.5, 0.6) is 17.2 Å². The molecule has 0 saturated heterocycles. The lowest BCUT2D eigenvalue weighted by molar-refractivity contribution is 0.174. The minimum Gasteiger partial charge on any atom is -0.497 e. The number of rotatable bonds is 7. The fourth-order valence-electron chi connectivity index (χ4n) is 3.60. The second kappa shape index (κ2) is 9.60. The number of hydrogen-bond donors (Lipinski definition) is 2. The lowest BCUT2D eigenvalue weighted by atomic mass is 9.98. The van der Waals surface area contributed by atoms with E-state index in [0.29, 0.717) is 35.6 Å². The van der Waals surface area contributed by atoms with Gasteiger partial charge in [-0.3, -0.25) is 0 Å². The fourth-order valence-corrected chi connectivity index (χ4v) is 3.60. The van der Waals surface area contributed by atoms with Gasteiger partial charge in [-0.15, -0.1) is 0 Å². The van der Waals surface area contributed by atoms with Crippen LogP contribution in [0.25, 0.3) is 0 Å². The molecule has 7 heteroatoms. The monoisotopic (exact) mass is 436 g/mol. The van der Waals surface area contributed by atoms with Crippen LogP contribution in [-0.2, 0) is 12.8 Å². The summed E-state index contributed by atoms with van der Waals surface area (Å²) < 4.78 is 29.9. The van der Waals surface area contributed by atoms with Gasteiger partial charge in [0.2, 0.25) is 6.79 Å². The van der Waals surface area contributed by atoms with E-state index < -0.39 is 6.03 Å². The molecule has 1 aliphatic rings. The van der Waals surface area contributed by atoms with Crippen LogP contribution >= 0.6 is 0 Å². The van der Waals surface area contributed by atoms with Gasteiger partial charge in [0.15, 0.2) is 11.5 Å². The van der Waals surface area contributed by atoms with Crippen LogP contribution in [0.2, 0.25) is 0 Å². The first-order chi connectivity index (χ1) is 15.5. The van der Waals surface area contributed by atoms with Crippen LogP contribution in [-0.4, -0.2) is 26.0 Å². The molecule has 32 heavy (non-hydrogen) atoms. The molecule has 2 amide bonds. The fraction of sp³-hybridized carbons (Fsp3) is 0.240. The minimum atomic E-state index is -0.396.